The Morgan fingerprint density at radius 1 is 1.42 bits per heavy atom. The van der Waals surface area contributed by atoms with E-state index in [0.29, 0.717) is 30.0 Å². The molecule has 0 spiro atoms. The van der Waals surface area contributed by atoms with Crippen molar-refractivity contribution in [3.8, 4) is 5.75 Å². The van der Waals surface area contributed by atoms with Crippen molar-refractivity contribution in [3.05, 3.63) is 23.8 Å². The minimum absolute atomic E-state index is 0.100. The Bertz CT molecular complexity index is 688. The van der Waals surface area contributed by atoms with Crippen molar-refractivity contribution in [1.82, 2.24) is 4.90 Å². The largest absolute Gasteiger partial charge is 0.481 e. The third-order valence-electron chi connectivity index (χ3n) is 4.45. The van der Waals surface area contributed by atoms with Crippen molar-refractivity contribution in [2.24, 2.45) is 5.92 Å². The molecule has 0 saturated carbocycles. The van der Waals surface area contributed by atoms with Gasteiger partial charge in [-0.05, 0) is 44.5 Å². The van der Waals surface area contributed by atoms with Crippen LogP contribution in [0.15, 0.2) is 18.2 Å². The molecule has 2 atom stereocenters. The van der Waals surface area contributed by atoms with E-state index in [2.05, 4.69) is 5.32 Å². The Kier molecular flexibility index (Phi) is 4.53. The second-order valence-electron chi connectivity index (χ2n) is 6.30. The molecule has 1 saturated heterocycles. The third kappa shape index (κ3) is 3.41. The normalized spacial score (nSPS) is 23.8. The van der Waals surface area contributed by atoms with Crippen LogP contribution >= 0.6 is 0 Å². The quantitative estimate of drug-likeness (QED) is 0.809. The number of hydrogen-bond donors (Lipinski definition) is 2. The van der Waals surface area contributed by atoms with Gasteiger partial charge < -0.3 is 15.2 Å². The number of anilines is 1. The molecule has 128 valence electrons. The Morgan fingerprint density at radius 3 is 2.96 bits per heavy atom. The lowest BCUT2D eigenvalue weighted by Crippen LogP contribution is -2.41. The van der Waals surface area contributed by atoms with Gasteiger partial charge in [-0.25, -0.2) is 0 Å². The molecule has 2 N–H and O–H groups in total. The van der Waals surface area contributed by atoms with Crippen LogP contribution in [0.3, 0.4) is 0 Å². The number of aliphatic carboxylic acids is 1. The first kappa shape index (κ1) is 16.4. The molecule has 3 rings (SSSR count). The SMILES string of the molecule is CC1Oc2ccc(C(=O)CN3CCCC(C(=O)O)C3)cc2NC1=O. The van der Waals surface area contributed by atoms with Crippen LogP contribution < -0.4 is 10.1 Å². The standard InChI is InChI=1S/C17H20N2O5/c1-10-16(21)18-13-7-11(4-5-15(13)24-10)14(20)9-19-6-2-3-12(8-19)17(22)23/h4-5,7,10,12H,2-3,6,8-9H2,1H3,(H,18,21)(H,22,23). The van der Waals surface area contributed by atoms with E-state index in [0.717, 1.165) is 13.0 Å². The number of nitrogens with zero attached hydrogens (tertiary/aromatic N) is 1. The van der Waals surface area contributed by atoms with E-state index >= 15 is 0 Å². The summed E-state index contributed by atoms with van der Waals surface area (Å²) in [6.45, 7) is 2.95. The molecule has 2 aliphatic rings. The molecule has 7 heteroatoms. The van der Waals surface area contributed by atoms with Crippen LogP contribution in [0.25, 0.3) is 0 Å². The lowest BCUT2D eigenvalue weighted by Gasteiger charge is -2.30. The number of fused-ring (bicyclic) bond motifs is 1. The first-order chi connectivity index (χ1) is 11.4. The summed E-state index contributed by atoms with van der Waals surface area (Å²) in [5.74, 6) is -1.02. The number of Topliss-reactive ketones (excluding diaryl/α,β-unsaturated/α-hetero) is 1. The van der Waals surface area contributed by atoms with Gasteiger partial charge in [-0.15, -0.1) is 0 Å². The minimum Gasteiger partial charge on any atom is -0.481 e. The second kappa shape index (κ2) is 6.60. The van der Waals surface area contributed by atoms with Crippen LogP contribution in [-0.2, 0) is 9.59 Å². The summed E-state index contributed by atoms with van der Waals surface area (Å²) >= 11 is 0. The van der Waals surface area contributed by atoms with Gasteiger partial charge in [-0.1, -0.05) is 0 Å². The van der Waals surface area contributed by atoms with Crippen LogP contribution in [0.1, 0.15) is 30.1 Å². The molecule has 1 aromatic carbocycles. The van der Waals surface area contributed by atoms with Crippen molar-refractivity contribution in [2.75, 3.05) is 25.0 Å². The molecule has 0 bridgehead atoms. The van der Waals surface area contributed by atoms with Gasteiger partial charge in [0.2, 0.25) is 0 Å². The van der Waals surface area contributed by atoms with Gasteiger partial charge in [0, 0.05) is 12.1 Å². The number of rotatable bonds is 4. The van der Waals surface area contributed by atoms with E-state index in [4.69, 9.17) is 9.84 Å². The number of carboxylic acid groups (broad SMARTS) is 1. The summed E-state index contributed by atoms with van der Waals surface area (Å²) in [5.41, 5.74) is 0.968. The molecule has 1 fully saturated rings. The molecule has 0 radical (unpaired) electrons. The summed E-state index contributed by atoms with van der Waals surface area (Å²) in [4.78, 5) is 37.1. The fourth-order valence-corrected chi connectivity index (χ4v) is 3.08. The molecule has 2 aliphatic heterocycles. The Balaban J connectivity index is 1.68. The van der Waals surface area contributed by atoms with Crippen LogP contribution in [0.5, 0.6) is 5.75 Å². The van der Waals surface area contributed by atoms with Crippen molar-refractivity contribution in [3.63, 3.8) is 0 Å². The number of ketones is 1. The molecular weight excluding hydrogens is 312 g/mol. The summed E-state index contributed by atoms with van der Waals surface area (Å²) in [7, 11) is 0. The van der Waals surface area contributed by atoms with E-state index in [1.807, 2.05) is 4.90 Å². The topological polar surface area (TPSA) is 95.9 Å². The van der Waals surface area contributed by atoms with Gasteiger partial charge in [-0.2, -0.15) is 0 Å². The number of ether oxygens (including phenoxy) is 1. The van der Waals surface area contributed by atoms with Crippen molar-refractivity contribution in [2.45, 2.75) is 25.9 Å². The fourth-order valence-electron chi connectivity index (χ4n) is 3.08. The van der Waals surface area contributed by atoms with E-state index in [9.17, 15) is 14.4 Å². The highest BCUT2D eigenvalue weighted by atomic mass is 16.5. The number of benzene rings is 1. The van der Waals surface area contributed by atoms with Crippen molar-refractivity contribution >= 4 is 23.3 Å². The van der Waals surface area contributed by atoms with Crippen LogP contribution in [0, 0.1) is 5.92 Å². The monoisotopic (exact) mass is 332 g/mol. The number of nitrogens with one attached hydrogen (secondary N) is 1. The molecular formula is C17H20N2O5. The van der Waals surface area contributed by atoms with Crippen LogP contribution in [0.2, 0.25) is 0 Å². The van der Waals surface area contributed by atoms with Gasteiger partial charge in [0.1, 0.15) is 5.75 Å². The number of amides is 1. The minimum atomic E-state index is -0.810. The maximum atomic E-state index is 12.5. The Morgan fingerprint density at radius 2 is 2.21 bits per heavy atom. The lowest BCUT2D eigenvalue weighted by molar-refractivity contribution is -0.143. The first-order valence-corrected chi connectivity index (χ1v) is 8.04. The van der Waals surface area contributed by atoms with Crippen LogP contribution in [-0.4, -0.2) is 53.4 Å². The van der Waals surface area contributed by atoms with E-state index in [1.54, 1.807) is 25.1 Å². The van der Waals surface area contributed by atoms with Gasteiger partial charge in [0.25, 0.3) is 5.91 Å². The summed E-state index contributed by atoms with van der Waals surface area (Å²) < 4.78 is 5.47. The highest BCUT2D eigenvalue weighted by Gasteiger charge is 2.28. The molecule has 7 nitrogen and oxygen atoms in total. The molecule has 0 aromatic heterocycles. The second-order valence-corrected chi connectivity index (χ2v) is 6.30. The molecule has 2 heterocycles. The maximum absolute atomic E-state index is 12.5. The highest BCUT2D eigenvalue weighted by Crippen LogP contribution is 2.30. The summed E-state index contributed by atoms with van der Waals surface area (Å²) in [6, 6.07) is 4.96. The van der Waals surface area contributed by atoms with E-state index < -0.39 is 18.0 Å². The lowest BCUT2D eigenvalue weighted by atomic mass is 9.97. The molecule has 2 unspecified atom stereocenters. The number of carbonyl (C=O) groups excluding carboxylic acids is 2. The smallest absolute Gasteiger partial charge is 0.307 e. The maximum Gasteiger partial charge on any atom is 0.307 e. The zero-order valence-electron chi connectivity index (χ0n) is 13.4. The van der Waals surface area contributed by atoms with Gasteiger partial charge in [0.15, 0.2) is 11.9 Å². The van der Waals surface area contributed by atoms with Gasteiger partial charge >= 0.3 is 5.97 Å². The average molecular weight is 332 g/mol. The highest BCUT2D eigenvalue weighted by molar-refractivity contribution is 6.02. The van der Waals surface area contributed by atoms with Crippen molar-refractivity contribution in [1.29, 1.82) is 0 Å². The summed E-state index contributed by atoms with van der Waals surface area (Å²) in [5, 5.41) is 11.8. The zero-order valence-corrected chi connectivity index (χ0v) is 13.4. The first-order valence-electron chi connectivity index (χ1n) is 8.04. The Hall–Kier alpha value is -2.41. The number of carboxylic acids is 1. The van der Waals surface area contributed by atoms with Crippen LogP contribution in [0.4, 0.5) is 5.69 Å². The predicted molar refractivity (Wildman–Crippen MR) is 86.3 cm³/mol. The Labute approximate surface area is 139 Å². The average Bonchev–Trinajstić information content (AvgIpc) is 2.55. The molecule has 0 aliphatic carbocycles. The number of hydrogen-bond acceptors (Lipinski definition) is 5. The third-order valence-corrected chi connectivity index (χ3v) is 4.45. The predicted octanol–water partition coefficient (Wildman–Crippen LogP) is 1.39. The number of piperidine rings is 1. The van der Waals surface area contributed by atoms with Crippen molar-refractivity contribution < 1.29 is 24.2 Å². The van der Waals surface area contributed by atoms with Gasteiger partial charge in [0.05, 0.1) is 18.2 Å². The number of carbonyl (C=O) groups is 3. The molecule has 1 aromatic rings. The van der Waals surface area contributed by atoms with E-state index in [-0.39, 0.29) is 18.2 Å². The summed E-state index contributed by atoms with van der Waals surface area (Å²) in [6.07, 6.45) is 0.872. The van der Waals surface area contributed by atoms with Gasteiger partial charge in [-0.3, -0.25) is 19.3 Å². The molecule has 1 amide bonds. The fraction of sp³-hybridized carbons (Fsp3) is 0.471. The van der Waals surface area contributed by atoms with E-state index in [1.165, 1.54) is 0 Å². The zero-order chi connectivity index (χ0) is 17.3. The number of likely N-dealkylation sites (tertiary alicyclic amines) is 1. The molecule has 24 heavy (non-hydrogen) atoms.